The third-order valence-corrected chi connectivity index (χ3v) is 4.81. The van der Waals surface area contributed by atoms with Gasteiger partial charge in [-0.05, 0) is 58.7 Å². The largest absolute Gasteiger partial charge is 0.388 e. The maximum absolute atomic E-state index is 12.3. The highest BCUT2D eigenvalue weighted by molar-refractivity contribution is 9.10. The molecule has 0 aliphatic rings. The first-order chi connectivity index (χ1) is 9.93. The molecule has 0 heterocycles. The summed E-state index contributed by atoms with van der Waals surface area (Å²) in [4.78, 5) is 12.3. The van der Waals surface area contributed by atoms with Crippen LogP contribution in [0.5, 0.6) is 0 Å². The number of benzene rings is 2. The minimum Gasteiger partial charge on any atom is -0.388 e. The van der Waals surface area contributed by atoms with Crippen LogP contribution in [0.3, 0.4) is 0 Å². The standard InChI is InChI=1S/C15H13BrCl2N2O/c1-8-7-9(19-2)3-4-10(8)15(21)20-12-6-5-11(16)13(17)14(12)18/h3-7,19H,1-2H3,(H,20,21). The lowest BCUT2D eigenvalue weighted by Crippen LogP contribution is -2.14. The van der Waals surface area contributed by atoms with Crippen LogP contribution in [0.4, 0.5) is 11.4 Å². The first-order valence-corrected chi connectivity index (χ1v) is 7.72. The van der Waals surface area contributed by atoms with Crippen LogP contribution in [0.15, 0.2) is 34.8 Å². The van der Waals surface area contributed by atoms with E-state index in [1.54, 1.807) is 18.2 Å². The van der Waals surface area contributed by atoms with Gasteiger partial charge in [0.2, 0.25) is 0 Å². The molecule has 2 N–H and O–H groups in total. The van der Waals surface area contributed by atoms with Crippen molar-refractivity contribution in [3.05, 3.63) is 56.0 Å². The quantitative estimate of drug-likeness (QED) is 0.696. The van der Waals surface area contributed by atoms with Crippen LogP contribution in [0.25, 0.3) is 0 Å². The molecule has 0 saturated carbocycles. The molecule has 2 aromatic rings. The Balaban J connectivity index is 2.28. The molecule has 0 aliphatic carbocycles. The van der Waals surface area contributed by atoms with Crippen LogP contribution in [0.1, 0.15) is 15.9 Å². The Morgan fingerprint density at radius 1 is 1.14 bits per heavy atom. The smallest absolute Gasteiger partial charge is 0.255 e. The molecule has 0 unspecified atom stereocenters. The lowest BCUT2D eigenvalue weighted by atomic mass is 10.1. The monoisotopic (exact) mass is 386 g/mol. The number of carbonyl (C=O) groups is 1. The fourth-order valence-corrected chi connectivity index (χ4v) is 2.71. The SMILES string of the molecule is CNc1ccc(C(=O)Nc2ccc(Br)c(Cl)c2Cl)c(C)c1. The van der Waals surface area contributed by atoms with E-state index in [4.69, 9.17) is 23.2 Å². The van der Waals surface area contributed by atoms with Gasteiger partial charge in [0, 0.05) is 22.8 Å². The first kappa shape index (κ1) is 16.1. The van der Waals surface area contributed by atoms with Crippen LogP contribution in [0.2, 0.25) is 10.0 Å². The predicted molar refractivity (Wildman–Crippen MR) is 92.8 cm³/mol. The molecule has 0 atom stereocenters. The van der Waals surface area contributed by atoms with Crippen LogP contribution in [-0.2, 0) is 0 Å². The predicted octanol–water partition coefficient (Wildman–Crippen LogP) is 5.36. The summed E-state index contributed by atoms with van der Waals surface area (Å²) in [6.07, 6.45) is 0. The highest BCUT2D eigenvalue weighted by Crippen LogP contribution is 2.36. The van der Waals surface area contributed by atoms with Crippen molar-refractivity contribution in [3.8, 4) is 0 Å². The number of rotatable bonds is 3. The summed E-state index contributed by atoms with van der Waals surface area (Å²) in [6, 6.07) is 8.96. The number of anilines is 2. The van der Waals surface area contributed by atoms with Gasteiger partial charge in [-0.25, -0.2) is 0 Å². The number of hydrogen-bond acceptors (Lipinski definition) is 2. The Morgan fingerprint density at radius 3 is 2.48 bits per heavy atom. The molecular formula is C15H13BrCl2N2O. The third kappa shape index (κ3) is 3.51. The van der Waals surface area contributed by atoms with Gasteiger partial charge < -0.3 is 10.6 Å². The van der Waals surface area contributed by atoms with Crippen molar-refractivity contribution < 1.29 is 4.79 Å². The summed E-state index contributed by atoms with van der Waals surface area (Å²) < 4.78 is 0.682. The zero-order chi connectivity index (χ0) is 15.6. The summed E-state index contributed by atoms with van der Waals surface area (Å²) >= 11 is 15.5. The minimum atomic E-state index is -0.226. The van der Waals surface area contributed by atoms with Crippen molar-refractivity contribution in [1.82, 2.24) is 0 Å². The van der Waals surface area contributed by atoms with Crippen molar-refractivity contribution in [2.45, 2.75) is 6.92 Å². The van der Waals surface area contributed by atoms with Gasteiger partial charge >= 0.3 is 0 Å². The van der Waals surface area contributed by atoms with Gasteiger partial charge in [0.15, 0.2) is 0 Å². The number of halogens is 3. The topological polar surface area (TPSA) is 41.1 Å². The first-order valence-electron chi connectivity index (χ1n) is 6.17. The van der Waals surface area contributed by atoms with Gasteiger partial charge in [-0.15, -0.1) is 0 Å². The fraction of sp³-hybridized carbons (Fsp3) is 0.133. The number of aryl methyl sites for hydroxylation is 1. The number of carbonyl (C=O) groups excluding carboxylic acids is 1. The summed E-state index contributed by atoms with van der Waals surface area (Å²) in [7, 11) is 1.83. The van der Waals surface area contributed by atoms with Gasteiger partial charge in [0.1, 0.15) is 0 Å². The molecule has 21 heavy (non-hydrogen) atoms. The summed E-state index contributed by atoms with van der Waals surface area (Å²) in [5.41, 5.74) is 2.89. The zero-order valence-electron chi connectivity index (χ0n) is 11.4. The third-order valence-electron chi connectivity index (χ3n) is 3.04. The van der Waals surface area contributed by atoms with Gasteiger partial charge in [-0.2, -0.15) is 0 Å². The second-order valence-electron chi connectivity index (χ2n) is 4.46. The van der Waals surface area contributed by atoms with Gasteiger partial charge in [-0.1, -0.05) is 23.2 Å². The molecule has 0 aliphatic heterocycles. The van der Waals surface area contributed by atoms with E-state index in [-0.39, 0.29) is 5.91 Å². The van der Waals surface area contributed by atoms with Crippen LogP contribution < -0.4 is 10.6 Å². The highest BCUT2D eigenvalue weighted by atomic mass is 79.9. The van der Waals surface area contributed by atoms with Gasteiger partial charge in [-0.3, -0.25) is 4.79 Å². The number of amides is 1. The molecule has 0 bridgehead atoms. The lowest BCUT2D eigenvalue weighted by molar-refractivity contribution is 0.102. The molecule has 6 heteroatoms. The van der Waals surface area contributed by atoms with Crippen molar-refractivity contribution in [3.63, 3.8) is 0 Å². The molecule has 2 aromatic carbocycles. The Labute approximate surface area is 141 Å². The van der Waals surface area contributed by atoms with Crippen molar-refractivity contribution in [2.24, 2.45) is 0 Å². The Hall–Kier alpha value is -1.23. The molecule has 0 spiro atoms. The molecule has 2 rings (SSSR count). The molecule has 0 saturated heterocycles. The average molecular weight is 388 g/mol. The van der Waals surface area contributed by atoms with E-state index < -0.39 is 0 Å². The maximum Gasteiger partial charge on any atom is 0.255 e. The second kappa shape index (κ2) is 6.69. The van der Waals surface area contributed by atoms with Gasteiger partial charge in [0.05, 0.1) is 15.7 Å². The molecule has 0 aromatic heterocycles. The van der Waals surface area contributed by atoms with E-state index in [0.717, 1.165) is 11.3 Å². The number of nitrogens with one attached hydrogen (secondary N) is 2. The van der Waals surface area contributed by atoms with Crippen molar-refractivity contribution in [1.29, 1.82) is 0 Å². The van der Waals surface area contributed by atoms with E-state index in [9.17, 15) is 4.79 Å². The second-order valence-corrected chi connectivity index (χ2v) is 6.07. The van der Waals surface area contributed by atoms with E-state index in [2.05, 4.69) is 26.6 Å². The summed E-state index contributed by atoms with van der Waals surface area (Å²) in [5.74, 6) is -0.226. The molecule has 0 radical (unpaired) electrons. The molecule has 0 fully saturated rings. The van der Waals surface area contributed by atoms with Gasteiger partial charge in [0.25, 0.3) is 5.91 Å². The van der Waals surface area contributed by atoms with E-state index >= 15 is 0 Å². The maximum atomic E-state index is 12.3. The molecule has 110 valence electrons. The van der Waals surface area contributed by atoms with E-state index in [0.29, 0.717) is 25.8 Å². The van der Waals surface area contributed by atoms with E-state index in [1.807, 2.05) is 26.1 Å². The van der Waals surface area contributed by atoms with Crippen LogP contribution in [-0.4, -0.2) is 13.0 Å². The summed E-state index contributed by atoms with van der Waals surface area (Å²) in [5, 5.41) is 6.49. The zero-order valence-corrected chi connectivity index (χ0v) is 14.5. The van der Waals surface area contributed by atoms with Crippen molar-refractivity contribution in [2.75, 3.05) is 17.7 Å². The van der Waals surface area contributed by atoms with Crippen molar-refractivity contribution >= 4 is 56.4 Å². The molecular weight excluding hydrogens is 375 g/mol. The Bertz CT molecular complexity index is 704. The van der Waals surface area contributed by atoms with E-state index in [1.165, 1.54) is 0 Å². The minimum absolute atomic E-state index is 0.226. The highest BCUT2D eigenvalue weighted by Gasteiger charge is 2.14. The van der Waals surface area contributed by atoms with Crippen LogP contribution >= 0.6 is 39.1 Å². The normalized spacial score (nSPS) is 10.3. The number of hydrogen-bond donors (Lipinski definition) is 2. The summed E-state index contributed by atoms with van der Waals surface area (Å²) in [6.45, 7) is 1.88. The lowest BCUT2D eigenvalue weighted by Gasteiger charge is -2.11. The van der Waals surface area contributed by atoms with Crippen LogP contribution in [0, 0.1) is 6.92 Å². The molecule has 3 nitrogen and oxygen atoms in total. The Morgan fingerprint density at radius 2 is 1.86 bits per heavy atom. The fourth-order valence-electron chi connectivity index (χ4n) is 1.89. The molecule has 1 amide bonds. The Kier molecular flexibility index (Phi) is 5.14. The average Bonchev–Trinajstić information content (AvgIpc) is 2.47.